The summed E-state index contributed by atoms with van der Waals surface area (Å²) < 4.78 is 7.05. The lowest BCUT2D eigenvalue weighted by molar-refractivity contribution is 0.0200. The van der Waals surface area contributed by atoms with Crippen molar-refractivity contribution in [1.82, 2.24) is 20.4 Å². The van der Waals surface area contributed by atoms with Gasteiger partial charge in [0.2, 0.25) is 0 Å². The zero-order valence-electron chi connectivity index (χ0n) is 13.2. The molecule has 1 aromatic heterocycles. The molecule has 118 valence electrons. The quantitative estimate of drug-likeness (QED) is 0.802. The summed E-state index contributed by atoms with van der Waals surface area (Å²) in [5.41, 5.74) is 2.26. The summed E-state index contributed by atoms with van der Waals surface area (Å²) in [6.45, 7) is 3.98. The normalized spacial score (nSPS) is 16.3. The van der Waals surface area contributed by atoms with Gasteiger partial charge >= 0.3 is 6.03 Å². The molecule has 1 saturated carbocycles. The van der Waals surface area contributed by atoms with Crippen LogP contribution in [0.4, 0.5) is 4.79 Å². The number of carbonyl (C=O) groups is 1. The van der Waals surface area contributed by atoms with E-state index >= 15 is 0 Å². The molecule has 2 N–H and O–H groups in total. The Labute approximate surface area is 126 Å². The molecule has 1 aliphatic rings. The topological polar surface area (TPSA) is 68.2 Å². The number of carbonyl (C=O) groups excluding carboxylic acids is 1. The minimum Gasteiger partial charge on any atom is -0.384 e. The Bertz CT molecular complexity index is 480. The molecule has 0 spiro atoms. The van der Waals surface area contributed by atoms with E-state index in [4.69, 9.17) is 4.74 Å². The van der Waals surface area contributed by atoms with E-state index in [-0.39, 0.29) is 11.4 Å². The molecule has 0 radical (unpaired) electrons. The first-order valence-corrected chi connectivity index (χ1v) is 7.60. The zero-order valence-corrected chi connectivity index (χ0v) is 13.2. The van der Waals surface area contributed by atoms with Crippen LogP contribution in [0.15, 0.2) is 6.20 Å². The fourth-order valence-corrected chi connectivity index (χ4v) is 2.89. The molecule has 1 aromatic rings. The van der Waals surface area contributed by atoms with Gasteiger partial charge in [-0.15, -0.1) is 0 Å². The number of nitrogens with one attached hydrogen (secondary N) is 2. The molecule has 0 unspecified atom stereocenters. The summed E-state index contributed by atoms with van der Waals surface area (Å²) in [7, 11) is 3.61. The van der Waals surface area contributed by atoms with Crippen LogP contribution >= 0.6 is 0 Å². The standard InChI is InChI=1S/C15H26N4O2/c1-4-13-12(9-19(2)18-13)8-16-14(20)17-10-15(11-21-3)6-5-7-15/h9H,4-8,10-11H2,1-3H3,(H2,16,17,20). The molecule has 0 saturated heterocycles. The van der Waals surface area contributed by atoms with E-state index in [1.165, 1.54) is 6.42 Å². The Morgan fingerprint density at radius 2 is 2.24 bits per heavy atom. The maximum Gasteiger partial charge on any atom is 0.315 e. The van der Waals surface area contributed by atoms with Gasteiger partial charge in [0.25, 0.3) is 0 Å². The summed E-state index contributed by atoms with van der Waals surface area (Å²) in [4.78, 5) is 11.9. The maximum absolute atomic E-state index is 11.9. The molecule has 2 rings (SSSR count). The highest BCUT2D eigenvalue weighted by Gasteiger charge is 2.37. The van der Waals surface area contributed by atoms with Gasteiger partial charge in [-0.05, 0) is 19.3 Å². The van der Waals surface area contributed by atoms with Crippen molar-refractivity contribution in [2.24, 2.45) is 12.5 Å². The second-order valence-corrected chi connectivity index (χ2v) is 5.95. The Hall–Kier alpha value is -1.56. The fraction of sp³-hybridized carbons (Fsp3) is 0.733. The smallest absolute Gasteiger partial charge is 0.315 e. The number of aryl methyl sites for hydroxylation is 2. The second-order valence-electron chi connectivity index (χ2n) is 5.95. The third-order valence-corrected chi connectivity index (χ3v) is 4.25. The van der Waals surface area contributed by atoms with Gasteiger partial charge < -0.3 is 15.4 Å². The molecule has 1 fully saturated rings. The van der Waals surface area contributed by atoms with Crippen LogP contribution < -0.4 is 10.6 Å². The van der Waals surface area contributed by atoms with E-state index in [0.717, 1.165) is 37.1 Å². The van der Waals surface area contributed by atoms with Crippen molar-refractivity contribution in [2.45, 2.75) is 39.2 Å². The Morgan fingerprint density at radius 1 is 1.48 bits per heavy atom. The van der Waals surface area contributed by atoms with Crippen LogP contribution in [0.3, 0.4) is 0 Å². The van der Waals surface area contributed by atoms with Crippen LogP contribution in [-0.4, -0.2) is 36.1 Å². The lowest BCUT2D eigenvalue weighted by Gasteiger charge is -2.41. The lowest BCUT2D eigenvalue weighted by Crippen LogP contribution is -2.47. The molecule has 0 aromatic carbocycles. The highest BCUT2D eigenvalue weighted by molar-refractivity contribution is 5.73. The maximum atomic E-state index is 11.9. The number of hydrogen-bond acceptors (Lipinski definition) is 3. The van der Waals surface area contributed by atoms with Crippen molar-refractivity contribution in [3.8, 4) is 0 Å². The van der Waals surface area contributed by atoms with Crippen LogP contribution in [0, 0.1) is 5.41 Å². The summed E-state index contributed by atoms with van der Waals surface area (Å²) in [5.74, 6) is 0. The fourth-order valence-electron chi connectivity index (χ4n) is 2.89. The van der Waals surface area contributed by atoms with Crippen molar-refractivity contribution < 1.29 is 9.53 Å². The summed E-state index contributed by atoms with van der Waals surface area (Å²) in [5, 5.41) is 10.2. The van der Waals surface area contributed by atoms with E-state index in [1.807, 2.05) is 13.2 Å². The van der Waals surface area contributed by atoms with E-state index in [0.29, 0.717) is 13.1 Å². The average Bonchev–Trinajstić information content (AvgIpc) is 2.79. The van der Waals surface area contributed by atoms with Crippen LogP contribution in [0.25, 0.3) is 0 Å². The predicted octanol–water partition coefficient (Wildman–Crippen LogP) is 1.60. The van der Waals surface area contributed by atoms with E-state index in [9.17, 15) is 4.79 Å². The van der Waals surface area contributed by atoms with Gasteiger partial charge in [0.1, 0.15) is 0 Å². The first-order chi connectivity index (χ1) is 10.1. The van der Waals surface area contributed by atoms with E-state index < -0.39 is 0 Å². The third kappa shape index (κ3) is 3.97. The number of methoxy groups -OCH3 is 1. The number of urea groups is 1. The van der Waals surface area contributed by atoms with Crippen molar-refractivity contribution in [2.75, 3.05) is 20.3 Å². The van der Waals surface area contributed by atoms with Crippen molar-refractivity contribution in [1.29, 1.82) is 0 Å². The minimum absolute atomic E-state index is 0.122. The molecule has 6 heteroatoms. The molecule has 6 nitrogen and oxygen atoms in total. The monoisotopic (exact) mass is 294 g/mol. The number of hydrogen-bond donors (Lipinski definition) is 2. The van der Waals surface area contributed by atoms with Crippen LogP contribution in [0.2, 0.25) is 0 Å². The van der Waals surface area contributed by atoms with Gasteiger partial charge in [-0.1, -0.05) is 13.3 Å². The van der Waals surface area contributed by atoms with E-state index in [2.05, 4.69) is 22.7 Å². The first-order valence-electron chi connectivity index (χ1n) is 7.60. The average molecular weight is 294 g/mol. The van der Waals surface area contributed by atoms with Crippen molar-refractivity contribution in [3.63, 3.8) is 0 Å². The Kier molecular flexibility index (Phi) is 5.22. The summed E-state index contributed by atoms with van der Waals surface area (Å²) >= 11 is 0. The van der Waals surface area contributed by atoms with Crippen molar-refractivity contribution in [3.05, 3.63) is 17.5 Å². The Morgan fingerprint density at radius 3 is 2.81 bits per heavy atom. The number of aromatic nitrogens is 2. The molecule has 0 bridgehead atoms. The minimum atomic E-state index is -0.122. The van der Waals surface area contributed by atoms with Gasteiger partial charge in [0.15, 0.2) is 0 Å². The number of nitrogens with zero attached hydrogens (tertiary/aromatic N) is 2. The number of ether oxygens (including phenoxy) is 1. The molecule has 1 heterocycles. The predicted molar refractivity (Wildman–Crippen MR) is 81.0 cm³/mol. The third-order valence-electron chi connectivity index (χ3n) is 4.25. The SMILES string of the molecule is CCc1nn(C)cc1CNC(=O)NCC1(COC)CCC1. The number of amides is 2. The molecule has 2 amide bonds. The molecule has 0 atom stereocenters. The molecular formula is C15H26N4O2. The largest absolute Gasteiger partial charge is 0.384 e. The highest BCUT2D eigenvalue weighted by atomic mass is 16.5. The van der Waals surface area contributed by atoms with Gasteiger partial charge in [-0.3, -0.25) is 4.68 Å². The van der Waals surface area contributed by atoms with Gasteiger partial charge in [-0.2, -0.15) is 5.10 Å². The van der Waals surface area contributed by atoms with Crippen molar-refractivity contribution >= 4 is 6.03 Å². The summed E-state index contributed by atoms with van der Waals surface area (Å²) in [6.07, 6.45) is 6.31. The molecule has 21 heavy (non-hydrogen) atoms. The van der Waals surface area contributed by atoms with E-state index in [1.54, 1.807) is 11.8 Å². The zero-order chi connectivity index (χ0) is 15.3. The van der Waals surface area contributed by atoms with Gasteiger partial charge in [0, 0.05) is 44.4 Å². The molecule has 1 aliphatic carbocycles. The van der Waals surface area contributed by atoms with Gasteiger partial charge in [-0.25, -0.2) is 4.79 Å². The molecule has 0 aliphatic heterocycles. The first kappa shape index (κ1) is 15.8. The lowest BCUT2D eigenvalue weighted by atomic mass is 9.69. The number of rotatable bonds is 7. The summed E-state index contributed by atoms with van der Waals surface area (Å²) in [6, 6.07) is -0.122. The van der Waals surface area contributed by atoms with Crippen LogP contribution in [0.5, 0.6) is 0 Å². The van der Waals surface area contributed by atoms with Gasteiger partial charge in [0.05, 0.1) is 12.3 Å². The second kappa shape index (κ2) is 6.93. The Balaban J connectivity index is 1.77. The van der Waals surface area contributed by atoms with Crippen LogP contribution in [0.1, 0.15) is 37.4 Å². The molecular weight excluding hydrogens is 268 g/mol. The van der Waals surface area contributed by atoms with Crippen LogP contribution in [-0.2, 0) is 24.8 Å². The highest BCUT2D eigenvalue weighted by Crippen LogP contribution is 2.40.